The number of fused-ring (bicyclic) bond motifs is 1. The Bertz CT molecular complexity index is 656. The molecular formula is C17H21N3O2. The molecule has 0 aromatic carbocycles. The maximum atomic E-state index is 12.2. The van der Waals surface area contributed by atoms with Gasteiger partial charge in [0.25, 0.3) is 0 Å². The minimum absolute atomic E-state index is 0.316. The van der Waals surface area contributed by atoms with E-state index in [-0.39, 0.29) is 11.5 Å². The Morgan fingerprint density at radius 3 is 2.82 bits per heavy atom. The number of amides is 1. The van der Waals surface area contributed by atoms with Gasteiger partial charge in [-0.15, -0.1) is 0 Å². The third-order valence-corrected chi connectivity index (χ3v) is 4.13. The first kappa shape index (κ1) is 14.9. The van der Waals surface area contributed by atoms with Gasteiger partial charge in [0, 0.05) is 19.3 Å². The zero-order chi connectivity index (χ0) is 16.0. The van der Waals surface area contributed by atoms with E-state index in [0.717, 1.165) is 12.1 Å². The quantitative estimate of drug-likeness (QED) is 0.741. The van der Waals surface area contributed by atoms with Gasteiger partial charge < -0.3 is 15.4 Å². The average Bonchev–Trinajstić information content (AvgIpc) is 2.88. The number of nitrogens with zero attached hydrogens (tertiary/aromatic N) is 2. The van der Waals surface area contributed by atoms with E-state index in [4.69, 9.17) is 10.5 Å². The van der Waals surface area contributed by atoms with Crippen molar-refractivity contribution in [1.82, 2.24) is 9.88 Å². The molecule has 2 N–H and O–H groups in total. The van der Waals surface area contributed by atoms with Crippen LogP contribution in [0.1, 0.15) is 32.9 Å². The highest BCUT2D eigenvalue weighted by molar-refractivity contribution is 5.70. The van der Waals surface area contributed by atoms with Crippen LogP contribution in [0.2, 0.25) is 0 Å². The van der Waals surface area contributed by atoms with Crippen LogP contribution in [0, 0.1) is 17.3 Å². The molecule has 1 aliphatic heterocycles. The number of piperidine rings is 1. The predicted octanol–water partition coefficient (Wildman–Crippen LogP) is 1.77. The Hall–Kier alpha value is -2.06. The van der Waals surface area contributed by atoms with Crippen molar-refractivity contribution in [1.29, 1.82) is 0 Å². The van der Waals surface area contributed by atoms with E-state index in [1.165, 1.54) is 0 Å². The van der Waals surface area contributed by atoms with Gasteiger partial charge in [-0.25, -0.2) is 9.78 Å². The zero-order valence-corrected chi connectivity index (χ0v) is 13.2. The number of carbonyl (C=O) groups excluding carboxylic acids is 1. The van der Waals surface area contributed by atoms with Crippen LogP contribution in [0.4, 0.5) is 4.79 Å². The lowest BCUT2D eigenvalue weighted by Crippen LogP contribution is -2.40. The number of hydrogen-bond donors (Lipinski definition) is 1. The second kappa shape index (κ2) is 4.72. The summed E-state index contributed by atoms with van der Waals surface area (Å²) in [4.78, 5) is 18.0. The molecule has 3 rings (SSSR count). The van der Waals surface area contributed by atoms with E-state index in [1.807, 2.05) is 39.0 Å². The van der Waals surface area contributed by atoms with Crippen molar-refractivity contribution in [2.75, 3.05) is 13.1 Å². The molecule has 5 heteroatoms. The lowest BCUT2D eigenvalue weighted by atomic mass is 10.0. The number of ether oxygens (including phenoxy) is 1. The number of rotatable bonds is 0. The topological polar surface area (TPSA) is 68.5 Å². The monoisotopic (exact) mass is 299 g/mol. The van der Waals surface area contributed by atoms with Gasteiger partial charge in [0.1, 0.15) is 11.3 Å². The summed E-state index contributed by atoms with van der Waals surface area (Å²) >= 11 is 0. The fourth-order valence-electron chi connectivity index (χ4n) is 2.92. The van der Waals surface area contributed by atoms with Crippen molar-refractivity contribution >= 4 is 6.09 Å². The summed E-state index contributed by atoms with van der Waals surface area (Å²) in [5.74, 6) is 6.33. The van der Waals surface area contributed by atoms with Crippen molar-refractivity contribution in [2.45, 2.75) is 38.3 Å². The molecule has 0 bridgehead atoms. The first-order valence-corrected chi connectivity index (χ1v) is 7.44. The molecule has 0 spiro atoms. The van der Waals surface area contributed by atoms with Gasteiger partial charge in [-0.1, -0.05) is 12.0 Å². The largest absolute Gasteiger partial charge is 0.444 e. The lowest BCUT2D eigenvalue weighted by molar-refractivity contribution is 0.0265. The van der Waals surface area contributed by atoms with Crippen LogP contribution in [0.15, 0.2) is 24.4 Å². The van der Waals surface area contributed by atoms with Crippen molar-refractivity contribution in [3.8, 4) is 11.8 Å². The number of carbonyl (C=O) groups is 1. The maximum absolute atomic E-state index is 12.2. The molecule has 0 radical (unpaired) electrons. The summed E-state index contributed by atoms with van der Waals surface area (Å²) < 4.78 is 5.41. The minimum atomic E-state index is -0.502. The van der Waals surface area contributed by atoms with Crippen LogP contribution in [0.25, 0.3) is 0 Å². The highest BCUT2D eigenvalue weighted by atomic mass is 16.6. The zero-order valence-electron chi connectivity index (χ0n) is 13.2. The molecule has 2 heterocycles. The van der Waals surface area contributed by atoms with E-state index in [1.54, 1.807) is 11.1 Å². The van der Waals surface area contributed by atoms with Gasteiger partial charge in [0.05, 0.1) is 11.0 Å². The Morgan fingerprint density at radius 2 is 2.18 bits per heavy atom. The Kier molecular flexibility index (Phi) is 3.19. The molecule has 1 saturated heterocycles. The molecule has 116 valence electrons. The molecule has 1 saturated carbocycles. The van der Waals surface area contributed by atoms with Crippen LogP contribution in [0.5, 0.6) is 0 Å². The molecular weight excluding hydrogens is 278 g/mol. The van der Waals surface area contributed by atoms with Gasteiger partial charge in [-0.3, -0.25) is 0 Å². The first-order valence-electron chi connectivity index (χ1n) is 7.44. The Morgan fingerprint density at radius 1 is 1.41 bits per heavy atom. The van der Waals surface area contributed by atoms with E-state index >= 15 is 0 Å². The fraction of sp³-hybridized carbons (Fsp3) is 0.529. The van der Waals surface area contributed by atoms with Crippen molar-refractivity contribution in [3.05, 3.63) is 30.1 Å². The number of nitrogens with two attached hydrogens (primary N) is 1. The van der Waals surface area contributed by atoms with Gasteiger partial charge in [0.2, 0.25) is 0 Å². The normalized spacial score (nSPS) is 29.4. The molecule has 2 unspecified atom stereocenters. The van der Waals surface area contributed by atoms with Gasteiger partial charge in [-0.05, 0) is 45.2 Å². The molecule has 2 fully saturated rings. The van der Waals surface area contributed by atoms with Crippen LogP contribution in [-0.2, 0) is 4.74 Å². The van der Waals surface area contributed by atoms with Crippen molar-refractivity contribution in [2.24, 2.45) is 11.1 Å². The number of aromatic nitrogens is 1. The second-order valence-electron chi connectivity index (χ2n) is 7.22. The summed E-state index contributed by atoms with van der Waals surface area (Å²) in [5, 5.41) is 0. The van der Waals surface area contributed by atoms with Gasteiger partial charge in [-0.2, -0.15) is 0 Å². The van der Waals surface area contributed by atoms with E-state index in [2.05, 4.69) is 16.8 Å². The summed E-state index contributed by atoms with van der Waals surface area (Å²) in [5.41, 5.74) is 5.86. The fourth-order valence-corrected chi connectivity index (χ4v) is 2.92. The molecule has 1 aromatic heterocycles. The standard InChI is InChI=1S/C17H21N3O2/c1-15(2,3)22-14(21)20-11-16(10-17(16,18)12-20)8-7-13-6-4-5-9-19-13/h4-6,9H,10-12,18H2,1-3H3. The molecule has 1 aliphatic carbocycles. The SMILES string of the molecule is CC(C)(C)OC(=O)N1CC2(N)CC2(C#Cc2ccccn2)C1. The second-order valence-corrected chi connectivity index (χ2v) is 7.22. The first-order chi connectivity index (χ1) is 10.2. The average molecular weight is 299 g/mol. The third kappa shape index (κ3) is 2.67. The van der Waals surface area contributed by atoms with Gasteiger partial charge >= 0.3 is 6.09 Å². The van der Waals surface area contributed by atoms with Crippen molar-refractivity contribution < 1.29 is 9.53 Å². The van der Waals surface area contributed by atoms with E-state index in [0.29, 0.717) is 13.1 Å². The van der Waals surface area contributed by atoms with Crippen LogP contribution < -0.4 is 5.73 Å². The molecule has 2 atom stereocenters. The van der Waals surface area contributed by atoms with Crippen LogP contribution >= 0.6 is 0 Å². The van der Waals surface area contributed by atoms with Crippen LogP contribution in [0.3, 0.4) is 0 Å². The molecule has 2 aliphatic rings. The Labute approximate surface area is 130 Å². The minimum Gasteiger partial charge on any atom is -0.444 e. The maximum Gasteiger partial charge on any atom is 0.410 e. The van der Waals surface area contributed by atoms with E-state index in [9.17, 15) is 4.79 Å². The highest BCUT2D eigenvalue weighted by Crippen LogP contribution is 2.59. The molecule has 1 amide bonds. The number of hydrogen-bond acceptors (Lipinski definition) is 4. The summed E-state index contributed by atoms with van der Waals surface area (Å²) in [6.45, 7) is 6.60. The van der Waals surface area contributed by atoms with E-state index < -0.39 is 11.1 Å². The summed E-state index contributed by atoms with van der Waals surface area (Å²) in [7, 11) is 0. The number of pyridine rings is 1. The van der Waals surface area contributed by atoms with Gasteiger partial charge in [0.15, 0.2) is 0 Å². The third-order valence-electron chi connectivity index (χ3n) is 4.13. The molecule has 22 heavy (non-hydrogen) atoms. The molecule has 5 nitrogen and oxygen atoms in total. The van der Waals surface area contributed by atoms with Crippen molar-refractivity contribution in [3.63, 3.8) is 0 Å². The molecule has 1 aromatic rings. The number of likely N-dealkylation sites (tertiary alicyclic amines) is 1. The smallest absolute Gasteiger partial charge is 0.410 e. The summed E-state index contributed by atoms with van der Waals surface area (Å²) in [6.07, 6.45) is 2.22. The Balaban J connectivity index is 1.72. The highest BCUT2D eigenvalue weighted by Gasteiger charge is 2.71. The lowest BCUT2D eigenvalue weighted by Gasteiger charge is -2.25. The van der Waals surface area contributed by atoms with Crippen LogP contribution in [-0.4, -0.2) is 40.2 Å². The summed E-state index contributed by atoms with van der Waals surface area (Å²) in [6, 6.07) is 5.62. The predicted molar refractivity (Wildman–Crippen MR) is 82.9 cm³/mol.